The maximum absolute atomic E-state index is 6.11. The van der Waals surface area contributed by atoms with Gasteiger partial charge in [-0.15, -0.1) is 0 Å². The molecule has 1 aliphatic carbocycles. The topological polar surface area (TPSA) is 43.8 Å². The predicted octanol–water partition coefficient (Wildman–Crippen LogP) is 2.32. The molecule has 0 amide bonds. The first-order valence-corrected chi connectivity index (χ1v) is 5.63. The Hall–Kier alpha value is -0.990. The van der Waals surface area contributed by atoms with Crippen molar-refractivity contribution in [3.63, 3.8) is 0 Å². The van der Waals surface area contributed by atoms with E-state index in [4.69, 9.17) is 5.73 Å². The Bertz CT molecular complexity index is 324. The molecule has 0 aliphatic heterocycles. The molecular formula is C11H19N3. The number of fused-ring (bicyclic) bond motifs is 1. The summed E-state index contributed by atoms with van der Waals surface area (Å²) in [6.45, 7) is 4.39. The maximum atomic E-state index is 6.11. The average molecular weight is 193 g/mol. The molecule has 1 aromatic heterocycles. The van der Waals surface area contributed by atoms with E-state index < -0.39 is 0 Å². The van der Waals surface area contributed by atoms with Crippen molar-refractivity contribution in [1.29, 1.82) is 0 Å². The van der Waals surface area contributed by atoms with E-state index in [-0.39, 0.29) is 0 Å². The second-order valence-electron chi connectivity index (χ2n) is 4.08. The Kier molecular flexibility index (Phi) is 2.48. The van der Waals surface area contributed by atoms with Crippen molar-refractivity contribution in [2.75, 3.05) is 5.73 Å². The zero-order valence-electron chi connectivity index (χ0n) is 9.08. The van der Waals surface area contributed by atoms with Gasteiger partial charge in [0, 0.05) is 5.56 Å². The minimum absolute atomic E-state index is 0.487. The third-order valence-electron chi connectivity index (χ3n) is 3.26. The minimum atomic E-state index is 0.487. The molecule has 0 spiro atoms. The van der Waals surface area contributed by atoms with Gasteiger partial charge >= 0.3 is 0 Å². The quantitative estimate of drug-likeness (QED) is 0.800. The summed E-state index contributed by atoms with van der Waals surface area (Å²) in [7, 11) is 0. The van der Waals surface area contributed by atoms with Crippen LogP contribution < -0.4 is 5.73 Å². The van der Waals surface area contributed by atoms with Crippen molar-refractivity contribution in [1.82, 2.24) is 9.78 Å². The van der Waals surface area contributed by atoms with Gasteiger partial charge in [-0.05, 0) is 32.1 Å². The van der Waals surface area contributed by atoms with Crippen molar-refractivity contribution in [3.05, 3.63) is 11.3 Å². The molecule has 1 aromatic rings. The molecule has 0 fully saturated rings. The smallest absolute Gasteiger partial charge is 0.125 e. The maximum Gasteiger partial charge on any atom is 0.125 e. The molecule has 0 saturated carbocycles. The molecule has 78 valence electrons. The summed E-state index contributed by atoms with van der Waals surface area (Å²) in [5, 5.41) is 4.62. The summed E-state index contributed by atoms with van der Waals surface area (Å²) in [6.07, 6.45) is 5.70. The van der Waals surface area contributed by atoms with Gasteiger partial charge in [0.1, 0.15) is 5.82 Å². The first-order valence-electron chi connectivity index (χ1n) is 5.63. The van der Waals surface area contributed by atoms with Gasteiger partial charge in [-0.25, -0.2) is 4.68 Å². The lowest BCUT2D eigenvalue weighted by molar-refractivity contribution is 0.430. The number of aromatic nitrogens is 2. The molecule has 14 heavy (non-hydrogen) atoms. The Morgan fingerprint density at radius 3 is 2.64 bits per heavy atom. The Morgan fingerprint density at radius 1 is 1.36 bits per heavy atom. The van der Waals surface area contributed by atoms with Crippen LogP contribution in [0.5, 0.6) is 0 Å². The third-order valence-corrected chi connectivity index (χ3v) is 3.26. The lowest BCUT2D eigenvalue weighted by atomic mass is 10.2. The number of aryl methyl sites for hydroxylation is 1. The Balaban J connectivity index is 2.35. The van der Waals surface area contributed by atoms with E-state index in [0.717, 1.165) is 31.5 Å². The Morgan fingerprint density at radius 2 is 2.07 bits per heavy atom. The lowest BCUT2D eigenvalue weighted by Crippen LogP contribution is -2.12. The zero-order chi connectivity index (χ0) is 10.1. The van der Waals surface area contributed by atoms with E-state index in [1.54, 1.807) is 0 Å². The van der Waals surface area contributed by atoms with Gasteiger partial charge in [-0.3, -0.25) is 0 Å². The minimum Gasteiger partial charge on any atom is -0.384 e. The van der Waals surface area contributed by atoms with Crippen molar-refractivity contribution < 1.29 is 0 Å². The monoisotopic (exact) mass is 193 g/mol. The molecule has 3 nitrogen and oxygen atoms in total. The van der Waals surface area contributed by atoms with Gasteiger partial charge < -0.3 is 5.73 Å². The van der Waals surface area contributed by atoms with Crippen LogP contribution in [0.2, 0.25) is 0 Å². The van der Waals surface area contributed by atoms with Crippen LogP contribution in [0.4, 0.5) is 5.82 Å². The first kappa shape index (κ1) is 9.56. The molecular weight excluding hydrogens is 174 g/mol. The first-order chi connectivity index (χ1) is 6.77. The summed E-state index contributed by atoms with van der Waals surface area (Å²) in [4.78, 5) is 0. The van der Waals surface area contributed by atoms with Gasteiger partial charge in [-0.2, -0.15) is 5.10 Å². The normalized spacial score (nSPS) is 15.1. The van der Waals surface area contributed by atoms with Crippen LogP contribution in [-0.4, -0.2) is 9.78 Å². The van der Waals surface area contributed by atoms with Crippen LogP contribution in [0, 0.1) is 0 Å². The van der Waals surface area contributed by atoms with E-state index in [1.165, 1.54) is 17.7 Å². The van der Waals surface area contributed by atoms with Gasteiger partial charge in [-0.1, -0.05) is 13.8 Å². The van der Waals surface area contributed by atoms with Crippen LogP contribution in [0.1, 0.15) is 50.4 Å². The van der Waals surface area contributed by atoms with Crippen molar-refractivity contribution in [3.8, 4) is 0 Å². The number of nitrogens with zero attached hydrogens (tertiary/aromatic N) is 2. The van der Waals surface area contributed by atoms with E-state index in [9.17, 15) is 0 Å². The molecule has 0 saturated heterocycles. The number of hydrogen-bond donors (Lipinski definition) is 1. The van der Waals surface area contributed by atoms with Crippen molar-refractivity contribution in [2.24, 2.45) is 0 Å². The highest BCUT2D eigenvalue weighted by Crippen LogP contribution is 2.30. The van der Waals surface area contributed by atoms with E-state index >= 15 is 0 Å². The summed E-state index contributed by atoms with van der Waals surface area (Å²) >= 11 is 0. The fraction of sp³-hybridized carbons (Fsp3) is 0.727. The summed E-state index contributed by atoms with van der Waals surface area (Å²) in [6, 6.07) is 0.487. The highest BCUT2D eigenvalue weighted by atomic mass is 15.3. The molecule has 3 heteroatoms. The van der Waals surface area contributed by atoms with Crippen LogP contribution in [0.3, 0.4) is 0 Å². The highest BCUT2D eigenvalue weighted by Gasteiger charge is 2.22. The zero-order valence-corrected chi connectivity index (χ0v) is 9.08. The summed E-state index contributed by atoms with van der Waals surface area (Å²) in [5.41, 5.74) is 8.67. The largest absolute Gasteiger partial charge is 0.384 e. The predicted molar refractivity (Wildman–Crippen MR) is 58.3 cm³/mol. The highest BCUT2D eigenvalue weighted by molar-refractivity contribution is 5.46. The molecule has 1 heterocycles. The molecule has 2 N–H and O–H groups in total. The van der Waals surface area contributed by atoms with Gasteiger partial charge in [0.25, 0.3) is 0 Å². The average Bonchev–Trinajstić information content (AvgIpc) is 2.74. The molecule has 0 unspecified atom stereocenters. The van der Waals surface area contributed by atoms with Gasteiger partial charge in [0.15, 0.2) is 0 Å². The second-order valence-corrected chi connectivity index (χ2v) is 4.08. The lowest BCUT2D eigenvalue weighted by Gasteiger charge is -2.15. The van der Waals surface area contributed by atoms with E-state index in [0.29, 0.717) is 6.04 Å². The summed E-state index contributed by atoms with van der Waals surface area (Å²) < 4.78 is 2.05. The molecule has 0 bridgehead atoms. The molecule has 0 atom stereocenters. The summed E-state index contributed by atoms with van der Waals surface area (Å²) in [5.74, 6) is 0.922. The third kappa shape index (κ3) is 1.31. The number of anilines is 1. The van der Waals surface area contributed by atoms with Crippen LogP contribution >= 0.6 is 0 Å². The number of nitrogens with two attached hydrogens (primary N) is 1. The number of hydrogen-bond acceptors (Lipinski definition) is 2. The van der Waals surface area contributed by atoms with Crippen molar-refractivity contribution in [2.45, 2.75) is 52.0 Å². The van der Waals surface area contributed by atoms with Gasteiger partial charge in [0.05, 0.1) is 11.7 Å². The number of nitrogen functional groups attached to an aromatic ring is 1. The standard InChI is InChI=1S/C11H19N3/c1-3-8(4-2)14-11(12)9-6-5-7-10(9)13-14/h8H,3-7,12H2,1-2H3. The van der Waals surface area contributed by atoms with E-state index in [1.807, 2.05) is 4.68 Å². The number of rotatable bonds is 3. The molecule has 2 rings (SSSR count). The second kappa shape index (κ2) is 3.64. The molecule has 0 aromatic carbocycles. The van der Waals surface area contributed by atoms with Crippen LogP contribution in [-0.2, 0) is 12.8 Å². The molecule has 0 radical (unpaired) electrons. The van der Waals surface area contributed by atoms with Gasteiger partial charge in [0.2, 0.25) is 0 Å². The van der Waals surface area contributed by atoms with Crippen LogP contribution in [0.15, 0.2) is 0 Å². The Labute approximate surface area is 85.3 Å². The van der Waals surface area contributed by atoms with Crippen LogP contribution in [0.25, 0.3) is 0 Å². The molecule has 1 aliphatic rings. The van der Waals surface area contributed by atoms with Crippen molar-refractivity contribution >= 4 is 5.82 Å². The van der Waals surface area contributed by atoms with E-state index in [2.05, 4.69) is 18.9 Å². The fourth-order valence-electron chi connectivity index (χ4n) is 2.35. The SMILES string of the molecule is CCC(CC)n1nc2c(c1N)CCC2. The fourth-order valence-corrected chi connectivity index (χ4v) is 2.35.